The summed E-state index contributed by atoms with van der Waals surface area (Å²) in [6, 6.07) is 4.02. The lowest BCUT2D eigenvalue weighted by atomic mass is 10.0. The van der Waals surface area contributed by atoms with Crippen LogP contribution in [0.25, 0.3) is 16.6 Å². The summed E-state index contributed by atoms with van der Waals surface area (Å²) in [7, 11) is 2.14. The minimum absolute atomic E-state index is 0.527. The molecule has 0 atom stereocenters. The number of nitrogens with zero attached hydrogens (tertiary/aromatic N) is 3. The Balaban J connectivity index is 1.61. The van der Waals surface area contributed by atoms with Crippen molar-refractivity contribution in [2.24, 2.45) is 0 Å². The van der Waals surface area contributed by atoms with Crippen LogP contribution in [0.5, 0.6) is 0 Å². The number of nitrogens with one attached hydrogen (secondary N) is 2. The Morgan fingerprint density at radius 3 is 3.13 bits per heavy atom. The van der Waals surface area contributed by atoms with Gasteiger partial charge in [-0.05, 0) is 31.2 Å². The van der Waals surface area contributed by atoms with Crippen LogP contribution in [-0.4, -0.2) is 40.0 Å². The minimum Gasteiger partial charge on any atom is -0.447 e. The molecule has 118 valence electrons. The molecule has 6 heteroatoms. The molecule has 0 saturated heterocycles. The summed E-state index contributed by atoms with van der Waals surface area (Å²) in [6.07, 6.45) is 8.63. The van der Waals surface area contributed by atoms with Crippen LogP contribution < -0.4 is 5.32 Å². The number of rotatable bonds is 4. The average molecular weight is 309 g/mol. The van der Waals surface area contributed by atoms with E-state index in [1.165, 1.54) is 11.1 Å². The number of oxazole rings is 1. The lowest BCUT2D eigenvalue weighted by molar-refractivity contribution is 0.370. The maximum absolute atomic E-state index is 5.24. The van der Waals surface area contributed by atoms with Crippen molar-refractivity contribution in [2.45, 2.75) is 13.0 Å². The van der Waals surface area contributed by atoms with Crippen LogP contribution in [0, 0.1) is 0 Å². The molecule has 0 spiro atoms. The monoisotopic (exact) mass is 309 g/mol. The third-order valence-electron chi connectivity index (χ3n) is 4.18. The van der Waals surface area contributed by atoms with Gasteiger partial charge in [0.1, 0.15) is 12.1 Å². The lowest BCUT2D eigenvalue weighted by Crippen LogP contribution is -2.23. The van der Waals surface area contributed by atoms with E-state index in [0.29, 0.717) is 12.4 Å². The highest BCUT2D eigenvalue weighted by Crippen LogP contribution is 2.28. The van der Waals surface area contributed by atoms with Gasteiger partial charge in [0.15, 0.2) is 0 Å². The molecule has 0 bridgehead atoms. The Morgan fingerprint density at radius 2 is 2.35 bits per heavy atom. The standard InChI is InChI=1S/C17H19N5O/c1-22-7-4-12(5-8-22)13-10-19-14-2-3-15(21-17(13)14)20-11-16-18-6-9-23-16/h2-4,6,9-10,19H,5,7-8,11H2,1H3,(H,20,21). The molecule has 3 aromatic heterocycles. The van der Waals surface area contributed by atoms with E-state index in [1.807, 2.05) is 6.07 Å². The van der Waals surface area contributed by atoms with E-state index in [-0.39, 0.29) is 0 Å². The molecule has 4 heterocycles. The van der Waals surface area contributed by atoms with Crippen molar-refractivity contribution in [1.29, 1.82) is 0 Å². The molecule has 0 aromatic carbocycles. The number of hydrogen-bond donors (Lipinski definition) is 2. The maximum Gasteiger partial charge on any atom is 0.213 e. The fraction of sp³-hybridized carbons (Fsp3) is 0.294. The fourth-order valence-corrected chi connectivity index (χ4v) is 2.86. The Morgan fingerprint density at radius 1 is 1.39 bits per heavy atom. The van der Waals surface area contributed by atoms with Crippen molar-refractivity contribution in [2.75, 3.05) is 25.5 Å². The first kappa shape index (κ1) is 14.0. The SMILES string of the molecule is CN1CC=C(c2c[nH]c3ccc(NCc4ncco4)nc23)CC1. The summed E-state index contributed by atoms with van der Waals surface area (Å²) < 4.78 is 5.24. The molecule has 0 fully saturated rings. The summed E-state index contributed by atoms with van der Waals surface area (Å²) in [6.45, 7) is 2.60. The number of aromatic amines is 1. The van der Waals surface area contributed by atoms with Crippen molar-refractivity contribution in [1.82, 2.24) is 19.9 Å². The van der Waals surface area contributed by atoms with Crippen LogP contribution in [0.3, 0.4) is 0 Å². The molecule has 0 saturated carbocycles. The Hall–Kier alpha value is -2.60. The largest absolute Gasteiger partial charge is 0.447 e. The third kappa shape index (κ3) is 2.85. The minimum atomic E-state index is 0.527. The normalized spacial score (nSPS) is 15.8. The molecule has 23 heavy (non-hydrogen) atoms. The van der Waals surface area contributed by atoms with E-state index in [0.717, 1.165) is 36.4 Å². The van der Waals surface area contributed by atoms with Gasteiger partial charge in [0, 0.05) is 24.8 Å². The number of anilines is 1. The molecule has 0 aliphatic carbocycles. The number of hydrogen-bond acceptors (Lipinski definition) is 5. The van der Waals surface area contributed by atoms with Crippen LogP contribution in [0.15, 0.2) is 41.3 Å². The van der Waals surface area contributed by atoms with Gasteiger partial charge in [-0.15, -0.1) is 0 Å². The number of likely N-dealkylation sites (N-methyl/N-ethyl adjacent to an activating group) is 1. The predicted molar refractivity (Wildman–Crippen MR) is 90.0 cm³/mol. The quantitative estimate of drug-likeness (QED) is 0.775. The van der Waals surface area contributed by atoms with Crippen LogP contribution >= 0.6 is 0 Å². The van der Waals surface area contributed by atoms with E-state index in [4.69, 9.17) is 9.40 Å². The second-order valence-corrected chi connectivity index (χ2v) is 5.82. The molecule has 1 aliphatic heterocycles. The number of H-pyrrole nitrogens is 1. The van der Waals surface area contributed by atoms with E-state index in [9.17, 15) is 0 Å². The summed E-state index contributed by atoms with van der Waals surface area (Å²) in [5.74, 6) is 1.48. The highest BCUT2D eigenvalue weighted by atomic mass is 16.3. The first-order valence-electron chi connectivity index (χ1n) is 7.78. The molecule has 0 unspecified atom stereocenters. The molecule has 6 nitrogen and oxygen atoms in total. The van der Waals surface area contributed by atoms with Crippen molar-refractivity contribution < 1.29 is 4.42 Å². The molecular formula is C17H19N5O. The fourth-order valence-electron chi connectivity index (χ4n) is 2.86. The smallest absolute Gasteiger partial charge is 0.213 e. The van der Waals surface area contributed by atoms with Gasteiger partial charge in [-0.1, -0.05) is 6.08 Å². The summed E-state index contributed by atoms with van der Waals surface area (Å²) in [5, 5.41) is 3.26. The van der Waals surface area contributed by atoms with Gasteiger partial charge in [-0.2, -0.15) is 0 Å². The van der Waals surface area contributed by atoms with Crippen LogP contribution in [0.1, 0.15) is 17.9 Å². The van der Waals surface area contributed by atoms with E-state index in [2.05, 4.69) is 45.6 Å². The number of pyridine rings is 1. The third-order valence-corrected chi connectivity index (χ3v) is 4.18. The zero-order valence-electron chi connectivity index (χ0n) is 13.0. The van der Waals surface area contributed by atoms with E-state index >= 15 is 0 Å². The molecule has 1 aliphatic rings. The van der Waals surface area contributed by atoms with Crippen LogP contribution in [0.4, 0.5) is 5.82 Å². The van der Waals surface area contributed by atoms with Gasteiger partial charge in [0.25, 0.3) is 0 Å². The van der Waals surface area contributed by atoms with Crippen LogP contribution in [0.2, 0.25) is 0 Å². The van der Waals surface area contributed by atoms with Crippen LogP contribution in [-0.2, 0) is 6.54 Å². The zero-order chi connectivity index (χ0) is 15.6. The number of aromatic nitrogens is 3. The van der Waals surface area contributed by atoms with Crippen molar-refractivity contribution >= 4 is 22.4 Å². The summed E-state index contributed by atoms with van der Waals surface area (Å²) >= 11 is 0. The average Bonchev–Trinajstić information content (AvgIpc) is 3.23. The maximum atomic E-state index is 5.24. The first-order valence-corrected chi connectivity index (χ1v) is 7.78. The van der Waals surface area contributed by atoms with Gasteiger partial charge in [0.05, 0.1) is 23.8 Å². The van der Waals surface area contributed by atoms with Gasteiger partial charge < -0.3 is 19.6 Å². The van der Waals surface area contributed by atoms with Crippen molar-refractivity contribution in [3.8, 4) is 0 Å². The highest BCUT2D eigenvalue weighted by molar-refractivity contribution is 5.90. The zero-order valence-corrected chi connectivity index (χ0v) is 13.0. The first-order chi connectivity index (χ1) is 11.3. The topological polar surface area (TPSA) is 70.0 Å². The molecule has 0 radical (unpaired) electrons. The van der Waals surface area contributed by atoms with Crippen molar-refractivity contribution in [3.05, 3.63) is 48.3 Å². The van der Waals surface area contributed by atoms with E-state index in [1.54, 1.807) is 12.5 Å². The van der Waals surface area contributed by atoms with Gasteiger partial charge >= 0.3 is 0 Å². The second kappa shape index (κ2) is 5.89. The molecule has 4 rings (SSSR count). The highest BCUT2D eigenvalue weighted by Gasteiger charge is 2.14. The van der Waals surface area contributed by atoms with Gasteiger partial charge in [-0.25, -0.2) is 9.97 Å². The predicted octanol–water partition coefficient (Wildman–Crippen LogP) is 2.88. The lowest BCUT2D eigenvalue weighted by Gasteiger charge is -2.21. The molecule has 0 amide bonds. The van der Waals surface area contributed by atoms with E-state index < -0.39 is 0 Å². The summed E-state index contributed by atoms with van der Waals surface area (Å²) in [5.41, 5.74) is 4.64. The van der Waals surface area contributed by atoms with Gasteiger partial charge in [0.2, 0.25) is 5.89 Å². The molecule has 3 aromatic rings. The Labute approximate surface area is 134 Å². The molecule has 2 N–H and O–H groups in total. The van der Waals surface area contributed by atoms with Crippen molar-refractivity contribution in [3.63, 3.8) is 0 Å². The second-order valence-electron chi connectivity index (χ2n) is 5.82. The Bertz CT molecular complexity index is 834. The van der Waals surface area contributed by atoms with Gasteiger partial charge in [-0.3, -0.25) is 0 Å². The Kier molecular flexibility index (Phi) is 3.59. The molecular weight excluding hydrogens is 290 g/mol. The number of fused-ring (bicyclic) bond motifs is 1. The summed E-state index contributed by atoms with van der Waals surface area (Å²) in [4.78, 5) is 14.5.